The minimum atomic E-state index is -0.924. The number of anilines is 1. The highest BCUT2D eigenvalue weighted by molar-refractivity contribution is 6.03. The molecule has 0 bridgehead atoms. The van der Waals surface area contributed by atoms with Gasteiger partial charge in [0.1, 0.15) is 0 Å². The number of furan rings is 1. The van der Waals surface area contributed by atoms with Crippen LogP contribution < -0.4 is 10.6 Å². The van der Waals surface area contributed by atoms with Gasteiger partial charge in [-0.25, -0.2) is 0 Å². The SMILES string of the molecule is O=C(O)CC1(NC(=O)c2cccc(NC(=O)c3ccco3)c2)CCCC1. The molecule has 3 rings (SSSR count). The summed E-state index contributed by atoms with van der Waals surface area (Å²) in [5.74, 6) is -1.51. The Morgan fingerprint density at radius 1 is 1.08 bits per heavy atom. The second-order valence-electron chi connectivity index (χ2n) is 6.52. The van der Waals surface area contributed by atoms with E-state index in [2.05, 4.69) is 10.6 Å². The first kappa shape index (κ1) is 17.7. The minimum Gasteiger partial charge on any atom is -0.481 e. The summed E-state index contributed by atoms with van der Waals surface area (Å²) in [6.07, 6.45) is 4.41. The van der Waals surface area contributed by atoms with E-state index < -0.39 is 17.4 Å². The Morgan fingerprint density at radius 2 is 1.85 bits per heavy atom. The molecule has 2 aromatic rings. The Balaban J connectivity index is 1.71. The summed E-state index contributed by atoms with van der Waals surface area (Å²) in [5, 5.41) is 14.7. The highest BCUT2D eigenvalue weighted by Gasteiger charge is 2.37. The molecule has 1 saturated carbocycles. The highest BCUT2D eigenvalue weighted by atomic mass is 16.4. The maximum atomic E-state index is 12.6. The lowest BCUT2D eigenvalue weighted by Gasteiger charge is -2.28. The molecule has 136 valence electrons. The molecule has 0 aliphatic heterocycles. The first-order chi connectivity index (χ1) is 12.5. The van der Waals surface area contributed by atoms with Crippen molar-refractivity contribution in [3.8, 4) is 0 Å². The van der Waals surface area contributed by atoms with Crippen LogP contribution in [-0.2, 0) is 4.79 Å². The summed E-state index contributed by atoms with van der Waals surface area (Å²) in [7, 11) is 0. The molecule has 1 aromatic carbocycles. The maximum Gasteiger partial charge on any atom is 0.305 e. The molecule has 7 heteroatoms. The van der Waals surface area contributed by atoms with Gasteiger partial charge in [0.15, 0.2) is 5.76 Å². The van der Waals surface area contributed by atoms with Crippen molar-refractivity contribution < 1.29 is 23.9 Å². The molecule has 1 heterocycles. The fraction of sp³-hybridized carbons (Fsp3) is 0.316. The fourth-order valence-corrected chi connectivity index (χ4v) is 3.34. The van der Waals surface area contributed by atoms with Crippen LogP contribution in [0.25, 0.3) is 0 Å². The summed E-state index contributed by atoms with van der Waals surface area (Å²) in [5.41, 5.74) is 0.118. The first-order valence-corrected chi connectivity index (χ1v) is 8.47. The van der Waals surface area contributed by atoms with E-state index in [1.807, 2.05) is 0 Å². The average molecular weight is 356 g/mol. The van der Waals surface area contributed by atoms with Crippen LogP contribution in [-0.4, -0.2) is 28.4 Å². The van der Waals surface area contributed by atoms with E-state index in [0.29, 0.717) is 24.1 Å². The van der Waals surface area contributed by atoms with Gasteiger partial charge in [-0.2, -0.15) is 0 Å². The van der Waals surface area contributed by atoms with E-state index in [1.54, 1.807) is 36.4 Å². The summed E-state index contributed by atoms with van der Waals surface area (Å²) < 4.78 is 5.04. The predicted molar refractivity (Wildman–Crippen MR) is 94.0 cm³/mol. The summed E-state index contributed by atoms with van der Waals surface area (Å²) in [6.45, 7) is 0. The molecular weight excluding hydrogens is 336 g/mol. The highest BCUT2D eigenvalue weighted by Crippen LogP contribution is 2.33. The van der Waals surface area contributed by atoms with Crippen LogP contribution in [0.1, 0.15) is 53.0 Å². The molecule has 7 nitrogen and oxygen atoms in total. The normalized spacial score (nSPS) is 15.4. The molecule has 0 unspecified atom stereocenters. The minimum absolute atomic E-state index is 0.0896. The Bertz CT molecular complexity index is 807. The fourth-order valence-electron chi connectivity index (χ4n) is 3.34. The van der Waals surface area contributed by atoms with Gasteiger partial charge in [0.25, 0.3) is 11.8 Å². The standard InChI is InChI=1S/C19H20N2O5/c22-16(23)12-19(8-1-2-9-19)21-17(24)13-5-3-6-14(11-13)20-18(25)15-7-4-10-26-15/h3-7,10-11H,1-2,8-9,12H2,(H,20,25)(H,21,24)(H,22,23). The van der Waals surface area contributed by atoms with Gasteiger partial charge in [0.05, 0.1) is 18.2 Å². The lowest BCUT2D eigenvalue weighted by atomic mass is 9.92. The van der Waals surface area contributed by atoms with Crippen LogP contribution in [0, 0.1) is 0 Å². The van der Waals surface area contributed by atoms with Crippen molar-refractivity contribution in [3.63, 3.8) is 0 Å². The van der Waals surface area contributed by atoms with E-state index in [4.69, 9.17) is 9.52 Å². The van der Waals surface area contributed by atoms with Crippen molar-refractivity contribution in [3.05, 3.63) is 54.0 Å². The third-order valence-electron chi connectivity index (χ3n) is 4.56. The topological polar surface area (TPSA) is 109 Å². The molecule has 0 atom stereocenters. The van der Waals surface area contributed by atoms with Gasteiger partial charge >= 0.3 is 5.97 Å². The van der Waals surface area contributed by atoms with Crippen LogP contribution in [0.3, 0.4) is 0 Å². The number of amides is 2. The molecule has 3 N–H and O–H groups in total. The number of carbonyl (C=O) groups is 3. The first-order valence-electron chi connectivity index (χ1n) is 8.47. The van der Waals surface area contributed by atoms with E-state index in [9.17, 15) is 14.4 Å². The molecule has 1 fully saturated rings. The van der Waals surface area contributed by atoms with Crippen LogP contribution >= 0.6 is 0 Å². The maximum absolute atomic E-state index is 12.6. The van der Waals surface area contributed by atoms with E-state index in [1.165, 1.54) is 6.26 Å². The molecule has 0 spiro atoms. The van der Waals surface area contributed by atoms with Gasteiger partial charge in [-0.1, -0.05) is 18.9 Å². The number of carboxylic acids is 1. The number of rotatable bonds is 6. The molecule has 1 aliphatic rings. The van der Waals surface area contributed by atoms with Gasteiger partial charge in [0.2, 0.25) is 0 Å². The van der Waals surface area contributed by atoms with Crippen molar-refractivity contribution >= 4 is 23.5 Å². The Labute approximate surface area is 150 Å². The Kier molecular flexibility index (Phi) is 5.06. The number of hydrogen-bond donors (Lipinski definition) is 3. The third kappa shape index (κ3) is 4.11. The molecule has 0 saturated heterocycles. The zero-order chi connectivity index (χ0) is 18.6. The number of nitrogens with one attached hydrogen (secondary N) is 2. The second-order valence-corrected chi connectivity index (χ2v) is 6.52. The largest absolute Gasteiger partial charge is 0.481 e. The van der Waals surface area contributed by atoms with Crippen LogP contribution in [0.5, 0.6) is 0 Å². The predicted octanol–water partition coefficient (Wildman–Crippen LogP) is 3.05. The zero-order valence-electron chi connectivity index (χ0n) is 14.2. The molecule has 26 heavy (non-hydrogen) atoms. The average Bonchev–Trinajstić information content (AvgIpc) is 3.26. The second kappa shape index (κ2) is 7.43. The van der Waals surface area contributed by atoms with Crippen LogP contribution in [0.15, 0.2) is 47.1 Å². The molecular formula is C19H20N2O5. The lowest BCUT2D eigenvalue weighted by Crippen LogP contribution is -2.47. The number of benzene rings is 1. The number of carbonyl (C=O) groups excluding carboxylic acids is 2. The number of aliphatic carboxylic acids is 1. The van der Waals surface area contributed by atoms with Crippen molar-refractivity contribution in [1.29, 1.82) is 0 Å². The van der Waals surface area contributed by atoms with Crippen LogP contribution in [0.4, 0.5) is 5.69 Å². The monoisotopic (exact) mass is 356 g/mol. The van der Waals surface area contributed by atoms with Gasteiger partial charge in [-0.15, -0.1) is 0 Å². The lowest BCUT2D eigenvalue weighted by molar-refractivity contribution is -0.138. The number of carboxylic acid groups (broad SMARTS) is 1. The zero-order valence-corrected chi connectivity index (χ0v) is 14.2. The number of hydrogen-bond acceptors (Lipinski definition) is 4. The van der Waals surface area contributed by atoms with Crippen molar-refractivity contribution in [2.75, 3.05) is 5.32 Å². The van der Waals surface area contributed by atoms with Gasteiger partial charge in [-0.05, 0) is 43.2 Å². The summed E-state index contributed by atoms with van der Waals surface area (Å²) in [4.78, 5) is 35.8. The van der Waals surface area contributed by atoms with Gasteiger partial charge in [0, 0.05) is 11.3 Å². The van der Waals surface area contributed by atoms with Crippen molar-refractivity contribution in [1.82, 2.24) is 5.32 Å². The van der Waals surface area contributed by atoms with E-state index >= 15 is 0 Å². The van der Waals surface area contributed by atoms with E-state index in [0.717, 1.165) is 12.8 Å². The van der Waals surface area contributed by atoms with Crippen molar-refractivity contribution in [2.24, 2.45) is 0 Å². The Hall–Kier alpha value is -3.09. The van der Waals surface area contributed by atoms with Crippen molar-refractivity contribution in [2.45, 2.75) is 37.6 Å². The molecule has 1 aliphatic carbocycles. The summed E-state index contributed by atoms with van der Waals surface area (Å²) in [6, 6.07) is 9.66. The molecule has 0 radical (unpaired) electrons. The molecule has 1 aromatic heterocycles. The van der Waals surface area contributed by atoms with Crippen LogP contribution in [0.2, 0.25) is 0 Å². The van der Waals surface area contributed by atoms with Gasteiger partial charge in [-0.3, -0.25) is 14.4 Å². The third-order valence-corrected chi connectivity index (χ3v) is 4.56. The smallest absolute Gasteiger partial charge is 0.305 e. The van der Waals surface area contributed by atoms with Gasteiger partial charge < -0.3 is 20.2 Å². The van der Waals surface area contributed by atoms with E-state index in [-0.39, 0.29) is 18.1 Å². The quantitative estimate of drug-likeness (QED) is 0.737. The Morgan fingerprint density at radius 3 is 2.50 bits per heavy atom. The molecule has 2 amide bonds. The summed E-state index contributed by atoms with van der Waals surface area (Å²) >= 11 is 0.